The molecular formula is C40H41FN4O5Si. The van der Waals surface area contributed by atoms with Gasteiger partial charge in [-0.1, -0.05) is 73.7 Å². The Morgan fingerprint density at radius 2 is 1.71 bits per heavy atom. The number of aliphatic hydroxyl groups excluding tert-OH is 1. The van der Waals surface area contributed by atoms with Crippen LogP contribution in [0.1, 0.15) is 35.6 Å². The van der Waals surface area contributed by atoms with Gasteiger partial charge in [0.25, 0.3) is 11.5 Å². The monoisotopic (exact) mass is 704 g/mol. The molecule has 1 aromatic heterocycles. The fourth-order valence-corrected chi connectivity index (χ4v) is 11.4. The second-order valence-electron chi connectivity index (χ2n) is 14.7. The van der Waals surface area contributed by atoms with Gasteiger partial charge >= 0.3 is 0 Å². The largest absolute Gasteiger partial charge is 0.394 e. The number of ether oxygens (including phenoxy) is 1. The molecule has 11 heteroatoms. The third kappa shape index (κ3) is 5.37. The number of nitrogens with one attached hydrogen (secondary N) is 1. The number of amides is 2. The van der Waals surface area contributed by atoms with E-state index in [9.17, 15) is 19.5 Å². The molecule has 1 fully saturated rings. The molecule has 3 aliphatic rings. The molecule has 5 atom stereocenters. The molecule has 262 valence electrons. The van der Waals surface area contributed by atoms with Crippen LogP contribution < -0.4 is 10.5 Å². The van der Waals surface area contributed by atoms with E-state index >= 15 is 4.11 Å². The number of carbonyl (C=O) groups is 2. The van der Waals surface area contributed by atoms with Crippen molar-refractivity contribution in [1.29, 1.82) is 0 Å². The molecule has 0 unspecified atom stereocenters. The first-order chi connectivity index (χ1) is 24.5. The summed E-state index contributed by atoms with van der Waals surface area (Å²) >= 11 is 0. The Labute approximate surface area is 296 Å². The van der Waals surface area contributed by atoms with Crippen molar-refractivity contribution < 1.29 is 23.5 Å². The van der Waals surface area contributed by atoms with Crippen LogP contribution in [0.15, 0.2) is 102 Å². The van der Waals surface area contributed by atoms with Gasteiger partial charge < -0.3 is 23.8 Å². The number of anilines is 1. The second kappa shape index (κ2) is 12.4. The van der Waals surface area contributed by atoms with E-state index in [4.69, 9.17) is 4.74 Å². The van der Waals surface area contributed by atoms with Gasteiger partial charge in [-0.05, 0) is 66.5 Å². The zero-order chi connectivity index (χ0) is 35.7. The SMILES string of the molecule is C[C@H]1[C@H]([Si](C)(C)F)[C@@H](CC(=O)N2Cc3ccccc3C[C@H]2CO)O[C@]12C(=O)N(Cc1cccc(-n3[nH]c4ccccc4c3=O)c1)c1ccccc12. The first-order valence-electron chi connectivity index (χ1n) is 17.6. The number of hydrogen-bond donors (Lipinski definition) is 2. The summed E-state index contributed by atoms with van der Waals surface area (Å²) in [5.74, 6) is -1.06. The average molecular weight is 705 g/mol. The van der Waals surface area contributed by atoms with Gasteiger partial charge in [-0.15, -0.1) is 0 Å². The van der Waals surface area contributed by atoms with Crippen molar-refractivity contribution in [3.05, 3.63) is 130 Å². The first-order valence-corrected chi connectivity index (χ1v) is 20.5. The Hall–Kier alpha value is -4.84. The summed E-state index contributed by atoms with van der Waals surface area (Å²) in [7, 11) is -3.51. The summed E-state index contributed by atoms with van der Waals surface area (Å²) < 4.78 is 24.8. The molecule has 0 aliphatic carbocycles. The Morgan fingerprint density at radius 1 is 0.980 bits per heavy atom. The highest BCUT2D eigenvalue weighted by molar-refractivity contribution is 6.72. The summed E-state index contributed by atoms with van der Waals surface area (Å²) in [5, 5.41) is 14.0. The Kier molecular flexibility index (Phi) is 8.12. The smallest absolute Gasteiger partial charge is 0.279 e. The van der Waals surface area contributed by atoms with Gasteiger partial charge in [0.05, 0.1) is 54.0 Å². The molecule has 0 saturated carbocycles. The zero-order valence-corrected chi connectivity index (χ0v) is 29.9. The molecular weight excluding hydrogens is 664 g/mol. The average Bonchev–Trinajstić information content (AvgIpc) is 3.71. The number of fused-ring (bicyclic) bond motifs is 4. The maximum Gasteiger partial charge on any atom is 0.279 e. The van der Waals surface area contributed by atoms with Crippen LogP contribution in [0.4, 0.5) is 9.80 Å². The number of rotatable bonds is 7. The fourth-order valence-electron chi connectivity index (χ4n) is 8.91. The Morgan fingerprint density at radius 3 is 2.47 bits per heavy atom. The molecule has 8 rings (SSSR count). The van der Waals surface area contributed by atoms with Gasteiger partial charge in [-0.3, -0.25) is 19.5 Å². The van der Waals surface area contributed by atoms with Gasteiger partial charge in [-0.25, -0.2) is 4.68 Å². The van der Waals surface area contributed by atoms with Gasteiger partial charge in [-0.2, -0.15) is 0 Å². The number of aromatic nitrogens is 2. The zero-order valence-electron chi connectivity index (χ0n) is 28.9. The summed E-state index contributed by atoms with van der Waals surface area (Å²) in [6.45, 7) is 5.51. The predicted octanol–water partition coefficient (Wildman–Crippen LogP) is 5.98. The van der Waals surface area contributed by atoms with Crippen molar-refractivity contribution in [2.45, 2.75) is 69.2 Å². The minimum Gasteiger partial charge on any atom is -0.394 e. The van der Waals surface area contributed by atoms with E-state index in [0.717, 1.165) is 22.2 Å². The van der Waals surface area contributed by atoms with Crippen LogP contribution >= 0.6 is 0 Å². The lowest BCUT2D eigenvalue weighted by Gasteiger charge is -2.37. The lowest BCUT2D eigenvalue weighted by Crippen LogP contribution is -2.48. The molecule has 4 heterocycles. The van der Waals surface area contributed by atoms with E-state index in [1.807, 2.05) is 97.9 Å². The number of carbonyl (C=O) groups excluding carboxylic acids is 2. The predicted molar refractivity (Wildman–Crippen MR) is 196 cm³/mol. The van der Waals surface area contributed by atoms with Crippen LogP contribution in [-0.4, -0.2) is 58.8 Å². The highest BCUT2D eigenvalue weighted by Crippen LogP contribution is 2.60. The first kappa shape index (κ1) is 33.3. The molecule has 9 nitrogen and oxygen atoms in total. The third-order valence-electron chi connectivity index (χ3n) is 11.2. The number of aliphatic hydroxyl groups is 1. The lowest BCUT2D eigenvalue weighted by molar-refractivity contribution is -0.151. The molecule has 0 bridgehead atoms. The minimum absolute atomic E-state index is 0.0908. The van der Waals surface area contributed by atoms with E-state index in [1.54, 1.807) is 29.0 Å². The van der Waals surface area contributed by atoms with Crippen molar-refractivity contribution in [3.63, 3.8) is 0 Å². The number of para-hydroxylation sites is 2. The van der Waals surface area contributed by atoms with Crippen LogP contribution in [0.5, 0.6) is 0 Å². The summed E-state index contributed by atoms with van der Waals surface area (Å²) in [6, 6.07) is 29.8. The summed E-state index contributed by atoms with van der Waals surface area (Å²) in [4.78, 5) is 45.5. The number of nitrogens with zero attached hydrogens (tertiary/aromatic N) is 3. The van der Waals surface area contributed by atoms with Gasteiger partial charge in [0, 0.05) is 23.6 Å². The van der Waals surface area contributed by atoms with Gasteiger partial charge in [0.1, 0.15) is 0 Å². The topological polar surface area (TPSA) is 108 Å². The molecule has 1 saturated heterocycles. The molecule has 2 N–H and O–H groups in total. The van der Waals surface area contributed by atoms with Crippen molar-refractivity contribution in [2.24, 2.45) is 5.92 Å². The fraction of sp³-hybridized carbons (Fsp3) is 0.325. The summed E-state index contributed by atoms with van der Waals surface area (Å²) in [6.07, 6.45) is -0.384. The number of H-pyrrole nitrogens is 1. The van der Waals surface area contributed by atoms with Crippen LogP contribution in [-0.2, 0) is 39.4 Å². The van der Waals surface area contributed by atoms with E-state index < -0.39 is 37.6 Å². The number of benzene rings is 4. The van der Waals surface area contributed by atoms with Crippen LogP contribution in [0.25, 0.3) is 16.6 Å². The van der Waals surface area contributed by atoms with Crippen LogP contribution in [0.3, 0.4) is 0 Å². The normalized spacial score (nSPS) is 24.4. The lowest BCUT2D eigenvalue weighted by atomic mass is 9.82. The van der Waals surface area contributed by atoms with Crippen molar-refractivity contribution in [2.75, 3.05) is 11.5 Å². The number of aromatic amines is 1. The Balaban J connectivity index is 1.11. The van der Waals surface area contributed by atoms with E-state index in [1.165, 1.54) is 4.68 Å². The van der Waals surface area contributed by atoms with Crippen molar-refractivity contribution >= 4 is 36.8 Å². The van der Waals surface area contributed by atoms with Crippen molar-refractivity contribution in [3.8, 4) is 5.69 Å². The molecule has 2 amide bonds. The molecule has 5 aromatic rings. The molecule has 51 heavy (non-hydrogen) atoms. The minimum atomic E-state index is -3.51. The molecule has 4 aromatic carbocycles. The maximum absolute atomic E-state index is 16.5. The maximum atomic E-state index is 16.5. The quantitative estimate of drug-likeness (QED) is 0.160. The van der Waals surface area contributed by atoms with Crippen LogP contribution in [0.2, 0.25) is 18.6 Å². The van der Waals surface area contributed by atoms with E-state index in [-0.39, 0.29) is 36.9 Å². The number of hydrogen-bond acceptors (Lipinski definition) is 5. The highest BCUT2D eigenvalue weighted by atomic mass is 28.4. The van der Waals surface area contributed by atoms with Gasteiger partial charge in [0.2, 0.25) is 14.3 Å². The van der Waals surface area contributed by atoms with Crippen molar-refractivity contribution in [1.82, 2.24) is 14.7 Å². The Bertz CT molecular complexity index is 2230. The highest BCUT2D eigenvalue weighted by Gasteiger charge is 2.67. The number of halogens is 1. The molecule has 1 spiro atoms. The van der Waals surface area contributed by atoms with Gasteiger partial charge in [0.15, 0.2) is 5.60 Å². The standard InChI is InChI=1S/C40H41FN4O5Si/c1-25-37(51(2,3)41)35(21-36(47)43-23-28-13-5-4-12-27(28)20-30(43)24-46)50-40(25)32-16-7-9-18-34(32)44(39(40)49)22-26-11-10-14-29(19-26)45-38(48)31-15-6-8-17-33(31)42-45/h4-19,25,30,35,37,42,46H,20-24H2,1-3H3/t25-,30-,35+,37-,40+/m0/s1. The second-order valence-corrected chi connectivity index (χ2v) is 18.5. The van der Waals surface area contributed by atoms with E-state index in [0.29, 0.717) is 35.3 Å². The molecule has 3 aliphatic heterocycles. The third-order valence-corrected chi connectivity index (χ3v) is 13.7. The summed E-state index contributed by atoms with van der Waals surface area (Å²) in [5.41, 5.74) is 3.37. The van der Waals surface area contributed by atoms with E-state index in [2.05, 4.69) is 5.10 Å². The van der Waals surface area contributed by atoms with Crippen LogP contribution in [0, 0.1) is 5.92 Å². The molecule has 0 radical (unpaired) electrons.